The first-order chi connectivity index (χ1) is 6.83. The Kier molecular flexibility index (Phi) is 2.41. The van der Waals surface area contributed by atoms with Gasteiger partial charge in [-0.15, -0.1) is 0 Å². The van der Waals surface area contributed by atoms with E-state index in [-0.39, 0.29) is 0 Å². The predicted molar refractivity (Wildman–Crippen MR) is 60.6 cm³/mol. The van der Waals surface area contributed by atoms with E-state index in [0.717, 1.165) is 6.67 Å². The number of anilines is 1. The molecule has 0 fully saturated rings. The van der Waals surface area contributed by atoms with Crippen molar-refractivity contribution in [3.63, 3.8) is 0 Å². The maximum absolute atomic E-state index is 3.26. The molecule has 74 valence electrons. The van der Waals surface area contributed by atoms with Crippen LogP contribution in [0.3, 0.4) is 0 Å². The maximum atomic E-state index is 3.26. The summed E-state index contributed by atoms with van der Waals surface area (Å²) >= 11 is 0. The number of fused-ring (bicyclic) bond motifs is 1. The standard InChI is InChI=1S/C11H15N3/c1-12-8-14(2)11-7-13-10-6-4-3-5-9(10)11/h3-7,12-13H,8H2,1-2H3. The van der Waals surface area contributed by atoms with Gasteiger partial charge >= 0.3 is 0 Å². The Morgan fingerprint density at radius 2 is 2.14 bits per heavy atom. The van der Waals surface area contributed by atoms with E-state index in [0.29, 0.717) is 0 Å². The Hall–Kier alpha value is -1.48. The highest BCUT2D eigenvalue weighted by molar-refractivity contribution is 5.92. The topological polar surface area (TPSA) is 31.1 Å². The SMILES string of the molecule is CNCN(C)c1c[nH]c2ccccc12. The summed E-state index contributed by atoms with van der Waals surface area (Å²) in [6.45, 7) is 0.849. The molecule has 2 aromatic rings. The number of aromatic nitrogens is 1. The molecule has 0 amide bonds. The second-order valence-corrected chi connectivity index (χ2v) is 3.43. The number of para-hydroxylation sites is 1. The fourth-order valence-electron chi connectivity index (χ4n) is 1.69. The van der Waals surface area contributed by atoms with Crippen molar-refractivity contribution in [3.05, 3.63) is 30.5 Å². The summed E-state index contributed by atoms with van der Waals surface area (Å²) in [6, 6.07) is 8.33. The first-order valence-corrected chi connectivity index (χ1v) is 4.75. The zero-order valence-corrected chi connectivity index (χ0v) is 8.54. The van der Waals surface area contributed by atoms with Crippen molar-refractivity contribution >= 4 is 16.6 Å². The zero-order valence-electron chi connectivity index (χ0n) is 8.54. The molecule has 0 spiro atoms. The van der Waals surface area contributed by atoms with Gasteiger partial charge in [-0.25, -0.2) is 0 Å². The lowest BCUT2D eigenvalue weighted by Crippen LogP contribution is -2.27. The Balaban J connectivity index is 2.42. The van der Waals surface area contributed by atoms with Crippen molar-refractivity contribution in [3.8, 4) is 0 Å². The fourth-order valence-corrected chi connectivity index (χ4v) is 1.69. The lowest BCUT2D eigenvalue weighted by molar-refractivity contribution is 0.778. The Bertz CT molecular complexity index is 419. The molecule has 0 saturated carbocycles. The van der Waals surface area contributed by atoms with Crippen LogP contribution in [0.1, 0.15) is 0 Å². The van der Waals surface area contributed by atoms with Crippen molar-refractivity contribution in [1.29, 1.82) is 0 Å². The van der Waals surface area contributed by atoms with Crippen molar-refractivity contribution in [2.75, 3.05) is 25.7 Å². The minimum atomic E-state index is 0.849. The van der Waals surface area contributed by atoms with Crippen LogP contribution in [0.2, 0.25) is 0 Å². The van der Waals surface area contributed by atoms with Gasteiger partial charge in [-0.05, 0) is 13.1 Å². The third kappa shape index (κ3) is 1.46. The van der Waals surface area contributed by atoms with Crippen LogP contribution in [-0.4, -0.2) is 25.7 Å². The molecule has 1 aromatic carbocycles. The molecule has 0 unspecified atom stereocenters. The third-order valence-corrected chi connectivity index (χ3v) is 2.37. The molecule has 0 aliphatic heterocycles. The monoisotopic (exact) mass is 189 g/mol. The number of rotatable bonds is 3. The summed E-state index contributed by atoms with van der Waals surface area (Å²) in [4.78, 5) is 5.44. The lowest BCUT2D eigenvalue weighted by Gasteiger charge is -2.17. The Morgan fingerprint density at radius 1 is 1.36 bits per heavy atom. The van der Waals surface area contributed by atoms with E-state index in [1.54, 1.807) is 0 Å². The average Bonchev–Trinajstić information content (AvgIpc) is 2.61. The van der Waals surface area contributed by atoms with Crippen molar-refractivity contribution in [2.45, 2.75) is 0 Å². The molecule has 0 atom stereocenters. The van der Waals surface area contributed by atoms with Crippen LogP contribution in [0.25, 0.3) is 10.9 Å². The summed E-state index contributed by atoms with van der Waals surface area (Å²) < 4.78 is 0. The smallest absolute Gasteiger partial charge is 0.0677 e. The number of hydrogen-bond donors (Lipinski definition) is 2. The van der Waals surface area contributed by atoms with Gasteiger partial charge in [0.15, 0.2) is 0 Å². The first kappa shape index (κ1) is 9.09. The molecule has 0 bridgehead atoms. The summed E-state index contributed by atoms with van der Waals surface area (Å²) in [5.74, 6) is 0. The fraction of sp³-hybridized carbons (Fsp3) is 0.273. The Labute approximate surface area is 83.7 Å². The minimum Gasteiger partial charge on any atom is -0.360 e. The normalized spacial score (nSPS) is 10.7. The molecule has 3 nitrogen and oxygen atoms in total. The zero-order chi connectivity index (χ0) is 9.97. The van der Waals surface area contributed by atoms with Crippen LogP contribution < -0.4 is 10.2 Å². The van der Waals surface area contributed by atoms with Crippen LogP contribution in [0.5, 0.6) is 0 Å². The lowest BCUT2D eigenvalue weighted by atomic mass is 10.2. The second-order valence-electron chi connectivity index (χ2n) is 3.43. The van der Waals surface area contributed by atoms with Gasteiger partial charge in [0.25, 0.3) is 0 Å². The number of nitrogens with zero attached hydrogens (tertiary/aromatic N) is 1. The Morgan fingerprint density at radius 3 is 2.93 bits per heavy atom. The number of H-pyrrole nitrogens is 1. The minimum absolute atomic E-state index is 0.849. The van der Waals surface area contributed by atoms with E-state index < -0.39 is 0 Å². The predicted octanol–water partition coefficient (Wildman–Crippen LogP) is 1.78. The van der Waals surface area contributed by atoms with E-state index in [4.69, 9.17) is 0 Å². The number of benzene rings is 1. The second kappa shape index (κ2) is 3.72. The van der Waals surface area contributed by atoms with Gasteiger partial charge in [-0.1, -0.05) is 18.2 Å². The molecule has 14 heavy (non-hydrogen) atoms. The average molecular weight is 189 g/mol. The van der Waals surface area contributed by atoms with Gasteiger partial charge in [0, 0.05) is 24.1 Å². The van der Waals surface area contributed by atoms with E-state index in [1.165, 1.54) is 16.6 Å². The molecule has 1 heterocycles. The molecule has 0 aliphatic rings. The van der Waals surface area contributed by atoms with Crippen molar-refractivity contribution in [1.82, 2.24) is 10.3 Å². The van der Waals surface area contributed by atoms with Crippen LogP contribution in [0.15, 0.2) is 30.5 Å². The van der Waals surface area contributed by atoms with Gasteiger partial charge in [0.1, 0.15) is 0 Å². The molecule has 0 saturated heterocycles. The molecular weight excluding hydrogens is 174 g/mol. The van der Waals surface area contributed by atoms with Gasteiger partial charge in [0.2, 0.25) is 0 Å². The molecule has 3 heteroatoms. The van der Waals surface area contributed by atoms with E-state index in [9.17, 15) is 0 Å². The number of nitrogens with one attached hydrogen (secondary N) is 2. The van der Waals surface area contributed by atoms with Crippen LogP contribution in [-0.2, 0) is 0 Å². The van der Waals surface area contributed by atoms with Gasteiger partial charge in [-0.3, -0.25) is 0 Å². The molecule has 1 aromatic heterocycles. The molecular formula is C11H15N3. The summed E-state index contributed by atoms with van der Waals surface area (Å²) in [5, 5.41) is 4.40. The number of aromatic amines is 1. The summed E-state index contributed by atoms with van der Waals surface area (Å²) in [6.07, 6.45) is 2.04. The van der Waals surface area contributed by atoms with Gasteiger partial charge in [-0.2, -0.15) is 0 Å². The van der Waals surface area contributed by atoms with Crippen molar-refractivity contribution in [2.24, 2.45) is 0 Å². The maximum Gasteiger partial charge on any atom is 0.0677 e. The quantitative estimate of drug-likeness (QED) is 0.721. The molecule has 0 aliphatic carbocycles. The summed E-state index contributed by atoms with van der Waals surface area (Å²) in [7, 11) is 4.03. The van der Waals surface area contributed by atoms with Gasteiger partial charge < -0.3 is 15.2 Å². The molecule has 0 radical (unpaired) electrons. The van der Waals surface area contributed by atoms with Crippen LogP contribution >= 0.6 is 0 Å². The highest BCUT2D eigenvalue weighted by Gasteiger charge is 2.05. The van der Waals surface area contributed by atoms with Gasteiger partial charge in [0.05, 0.1) is 12.4 Å². The third-order valence-electron chi connectivity index (χ3n) is 2.37. The largest absolute Gasteiger partial charge is 0.360 e. The molecule has 2 N–H and O–H groups in total. The highest BCUT2D eigenvalue weighted by atomic mass is 15.2. The van der Waals surface area contributed by atoms with E-state index >= 15 is 0 Å². The van der Waals surface area contributed by atoms with Crippen molar-refractivity contribution < 1.29 is 0 Å². The van der Waals surface area contributed by atoms with E-state index in [2.05, 4.69) is 40.4 Å². The van der Waals surface area contributed by atoms with E-state index in [1.807, 2.05) is 19.3 Å². The first-order valence-electron chi connectivity index (χ1n) is 4.75. The van der Waals surface area contributed by atoms with Crippen LogP contribution in [0, 0.1) is 0 Å². The number of hydrogen-bond acceptors (Lipinski definition) is 2. The molecule has 2 rings (SSSR count). The summed E-state index contributed by atoms with van der Waals surface area (Å²) in [5.41, 5.74) is 2.42. The highest BCUT2D eigenvalue weighted by Crippen LogP contribution is 2.24. The van der Waals surface area contributed by atoms with Crippen LogP contribution in [0.4, 0.5) is 5.69 Å².